The second-order valence-electron chi connectivity index (χ2n) is 4.98. The second-order valence-corrected chi connectivity index (χ2v) is 4.98. The van der Waals surface area contributed by atoms with Gasteiger partial charge in [0, 0.05) is 11.1 Å². The Kier molecular flexibility index (Phi) is 4.10. The molecule has 2 heteroatoms. The van der Waals surface area contributed by atoms with E-state index in [2.05, 4.69) is 17.8 Å². The van der Waals surface area contributed by atoms with Gasteiger partial charge in [-0.3, -0.25) is 0 Å². The molecule has 0 heterocycles. The normalized spacial score (nSPS) is 9.71. The van der Waals surface area contributed by atoms with E-state index in [1.54, 1.807) is 6.92 Å². The SMILES string of the molecule is C#Cc1c(C)cc(C#Cc2c(F)cc(C)cc2F)cc1C. The van der Waals surface area contributed by atoms with Crippen LogP contribution in [0, 0.1) is 56.6 Å². The van der Waals surface area contributed by atoms with Crippen LogP contribution in [0.5, 0.6) is 0 Å². The van der Waals surface area contributed by atoms with Crippen LogP contribution in [0.15, 0.2) is 24.3 Å². The van der Waals surface area contributed by atoms with E-state index in [0.717, 1.165) is 16.7 Å². The molecule has 104 valence electrons. The van der Waals surface area contributed by atoms with Crippen molar-refractivity contribution in [2.75, 3.05) is 0 Å². The first-order valence-electron chi connectivity index (χ1n) is 6.48. The second kappa shape index (κ2) is 5.81. The van der Waals surface area contributed by atoms with Crippen LogP contribution in [0.1, 0.15) is 33.4 Å². The van der Waals surface area contributed by atoms with Gasteiger partial charge in [0.05, 0.1) is 5.56 Å². The minimum absolute atomic E-state index is 0.211. The molecule has 2 rings (SSSR count). The molecule has 0 N–H and O–H groups in total. The molecule has 0 aromatic heterocycles. The smallest absolute Gasteiger partial charge is 0.142 e. The molecular weight excluding hydrogens is 266 g/mol. The Morgan fingerprint density at radius 1 is 0.810 bits per heavy atom. The Hall–Kier alpha value is -2.58. The van der Waals surface area contributed by atoms with E-state index >= 15 is 0 Å². The van der Waals surface area contributed by atoms with Crippen molar-refractivity contribution >= 4 is 0 Å². The number of rotatable bonds is 0. The first kappa shape index (κ1) is 14.8. The summed E-state index contributed by atoms with van der Waals surface area (Å²) in [6.45, 7) is 5.41. The van der Waals surface area contributed by atoms with E-state index in [0.29, 0.717) is 11.1 Å². The molecule has 0 saturated heterocycles. The number of terminal acetylenes is 1. The molecule has 21 heavy (non-hydrogen) atoms. The van der Waals surface area contributed by atoms with Crippen molar-refractivity contribution in [3.05, 3.63) is 69.3 Å². The number of halogens is 2. The van der Waals surface area contributed by atoms with Crippen molar-refractivity contribution in [3.63, 3.8) is 0 Å². The van der Waals surface area contributed by atoms with Crippen molar-refractivity contribution in [1.29, 1.82) is 0 Å². The highest BCUT2D eigenvalue weighted by Gasteiger charge is 2.07. The monoisotopic (exact) mass is 280 g/mol. The van der Waals surface area contributed by atoms with Crippen LogP contribution in [-0.4, -0.2) is 0 Å². The van der Waals surface area contributed by atoms with Gasteiger partial charge in [0.25, 0.3) is 0 Å². The van der Waals surface area contributed by atoms with Crippen LogP contribution in [0.3, 0.4) is 0 Å². The van der Waals surface area contributed by atoms with E-state index in [9.17, 15) is 8.78 Å². The van der Waals surface area contributed by atoms with Crippen LogP contribution >= 0.6 is 0 Å². The summed E-state index contributed by atoms with van der Waals surface area (Å²) >= 11 is 0. The van der Waals surface area contributed by atoms with Gasteiger partial charge in [-0.25, -0.2) is 8.78 Å². The van der Waals surface area contributed by atoms with Crippen molar-refractivity contribution < 1.29 is 8.78 Å². The fourth-order valence-corrected chi connectivity index (χ4v) is 2.22. The molecule has 0 fully saturated rings. The Bertz CT molecular complexity index is 766. The number of hydrogen-bond donors (Lipinski definition) is 0. The molecule has 0 nitrogen and oxygen atoms in total. The Labute approximate surface area is 123 Å². The highest BCUT2D eigenvalue weighted by Crippen LogP contribution is 2.16. The first-order chi connectivity index (χ1) is 9.92. The number of aryl methyl sites for hydroxylation is 3. The lowest BCUT2D eigenvalue weighted by atomic mass is 10.00. The molecule has 0 atom stereocenters. The molecule has 2 aromatic carbocycles. The van der Waals surface area contributed by atoms with Crippen molar-refractivity contribution in [3.8, 4) is 24.2 Å². The summed E-state index contributed by atoms with van der Waals surface area (Å²) in [5, 5.41) is 0. The van der Waals surface area contributed by atoms with Gasteiger partial charge in [0.1, 0.15) is 11.6 Å². The highest BCUT2D eigenvalue weighted by molar-refractivity contribution is 5.53. The minimum atomic E-state index is -0.645. The molecule has 0 amide bonds. The highest BCUT2D eigenvalue weighted by atomic mass is 19.1. The minimum Gasteiger partial charge on any atom is -0.206 e. The van der Waals surface area contributed by atoms with Crippen LogP contribution in [0.4, 0.5) is 8.78 Å². The van der Waals surface area contributed by atoms with Gasteiger partial charge in [-0.05, 0) is 61.7 Å². The van der Waals surface area contributed by atoms with Crippen molar-refractivity contribution in [2.24, 2.45) is 0 Å². The molecule has 0 aliphatic heterocycles. The van der Waals surface area contributed by atoms with Gasteiger partial charge in [0.15, 0.2) is 0 Å². The van der Waals surface area contributed by atoms with Gasteiger partial charge < -0.3 is 0 Å². The predicted molar refractivity (Wildman–Crippen MR) is 80.9 cm³/mol. The third kappa shape index (κ3) is 3.12. The van der Waals surface area contributed by atoms with Gasteiger partial charge in [-0.15, -0.1) is 6.42 Å². The number of benzene rings is 2. The van der Waals surface area contributed by atoms with Gasteiger partial charge in [0.2, 0.25) is 0 Å². The fraction of sp³-hybridized carbons (Fsp3) is 0.158. The lowest BCUT2D eigenvalue weighted by Gasteiger charge is -2.04. The average Bonchev–Trinajstić information content (AvgIpc) is 2.37. The maximum absolute atomic E-state index is 13.7. The summed E-state index contributed by atoms with van der Waals surface area (Å²) in [5.74, 6) is 6.69. The van der Waals surface area contributed by atoms with Crippen LogP contribution < -0.4 is 0 Å². The molecule has 0 spiro atoms. The standard InChI is InChI=1S/C19H14F2/c1-5-16-13(3)10-15(11-14(16)4)6-7-17-18(20)8-12(2)9-19(17)21/h1,8-11H,2-4H3. The van der Waals surface area contributed by atoms with E-state index in [4.69, 9.17) is 6.42 Å². The summed E-state index contributed by atoms with van der Waals surface area (Å²) in [5.41, 5.74) is 3.67. The topological polar surface area (TPSA) is 0 Å². The zero-order chi connectivity index (χ0) is 15.6. The zero-order valence-corrected chi connectivity index (χ0v) is 12.1. The van der Waals surface area contributed by atoms with E-state index in [1.807, 2.05) is 26.0 Å². The largest absolute Gasteiger partial charge is 0.206 e. The molecule has 0 aliphatic rings. The van der Waals surface area contributed by atoms with Gasteiger partial charge in [-0.2, -0.15) is 0 Å². The number of hydrogen-bond acceptors (Lipinski definition) is 0. The lowest BCUT2D eigenvalue weighted by Crippen LogP contribution is -1.93. The van der Waals surface area contributed by atoms with Crippen LogP contribution in [0.25, 0.3) is 0 Å². The Balaban J connectivity index is 2.48. The van der Waals surface area contributed by atoms with E-state index < -0.39 is 11.6 Å². The predicted octanol–water partition coefficient (Wildman–Crippen LogP) is 4.27. The summed E-state index contributed by atoms with van der Waals surface area (Å²) in [6, 6.07) is 6.18. The summed E-state index contributed by atoms with van der Waals surface area (Å²) < 4.78 is 27.4. The molecule has 0 saturated carbocycles. The maximum Gasteiger partial charge on any atom is 0.142 e. The quantitative estimate of drug-likeness (QED) is 0.632. The van der Waals surface area contributed by atoms with Crippen LogP contribution in [0.2, 0.25) is 0 Å². The summed E-state index contributed by atoms with van der Waals surface area (Å²) in [6.07, 6.45) is 5.44. The van der Waals surface area contributed by atoms with E-state index in [1.165, 1.54) is 12.1 Å². The third-order valence-electron chi connectivity index (χ3n) is 3.20. The molecular formula is C19H14F2. The fourth-order valence-electron chi connectivity index (χ4n) is 2.22. The summed E-state index contributed by atoms with van der Waals surface area (Å²) in [4.78, 5) is 0. The summed E-state index contributed by atoms with van der Waals surface area (Å²) in [7, 11) is 0. The molecule has 0 radical (unpaired) electrons. The molecule has 0 unspecified atom stereocenters. The van der Waals surface area contributed by atoms with Gasteiger partial charge in [-0.1, -0.05) is 17.8 Å². The maximum atomic E-state index is 13.7. The van der Waals surface area contributed by atoms with Crippen molar-refractivity contribution in [2.45, 2.75) is 20.8 Å². The van der Waals surface area contributed by atoms with Crippen LogP contribution in [-0.2, 0) is 0 Å². The third-order valence-corrected chi connectivity index (χ3v) is 3.20. The molecule has 0 aliphatic carbocycles. The molecule has 2 aromatic rings. The first-order valence-corrected chi connectivity index (χ1v) is 6.48. The Morgan fingerprint density at radius 3 is 1.81 bits per heavy atom. The van der Waals surface area contributed by atoms with Gasteiger partial charge >= 0.3 is 0 Å². The lowest BCUT2D eigenvalue weighted by molar-refractivity contribution is 0.575. The molecule has 0 bridgehead atoms. The van der Waals surface area contributed by atoms with E-state index in [-0.39, 0.29) is 5.56 Å². The Morgan fingerprint density at radius 2 is 1.33 bits per heavy atom. The van der Waals surface area contributed by atoms with Crippen molar-refractivity contribution in [1.82, 2.24) is 0 Å². The average molecular weight is 280 g/mol. The zero-order valence-electron chi connectivity index (χ0n) is 12.1.